The van der Waals surface area contributed by atoms with Crippen LogP contribution in [0.5, 0.6) is 0 Å². The lowest BCUT2D eigenvalue weighted by Crippen LogP contribution is -1.94. The van der Waals surface area contributed by atoms with E-state index in [1.807, 2.05) is 6.33 Å². The lowest BCUT2D eigenvalue weighted by Gasteiger charge is -2.01. The first kappa shape index (κ1) is 8.05. The van der Waals surface area contributed by atoms with E-state index in [2.05, 4.69) is 14.7 Å². The van der Waals surface area contributed by atoms with Crippen LogP contribution in [-0.4, -0.2) is 14.7 Å². The number of hydrogen-bond acceptors (Lipinski definition) is 3. The van der Waals surface area contributed by atoms with Crippen molar-refractivity contribution in [2.75, 3.05) is 0 Å². The monoisotopic (exact) mass is 209 g/mol. The second-order valence-electron chi connectivity index (χ2n) is 3.43. The second-order valence-corrected chi connectivity index (χ2v) is 3.81. The fraction of sp³-hybridized carbons (Fsp3) is 0.333. The first-order valence-electron chi connectivity index (χ1n) is 4.49. The second kappa shape index (κ2) is 2.85. The van der Waals surface area contributed by atoms with Gasteiger partial charge in [0, 0.05) is 12.1 Å². The molecule has 1 fully saturated rings. The van der Waals surface area contributed by atoms with Gasteiger partial charge in [-0.3, -0.25) is 0 Å². The molecule has 0 amide bonds. The van der Waals surface area contributed by atoms with Gasteiger partial charge in [-0.2, -0.15) is 0 Å². The topological polar surface area (TPSA) is 43.9 Å². The van der Waals surface area contributed by atoms with Crippen molar-refractivity contribution < 1.29 is 4.52 Å². The molecule has 2 aromatic rings. The van der Waals surface area contributed by atoms with Crippen molar-refractivity contribution in [1.82, 2.24) is 14.7 Å². The molecule has 0 saturated heterocycles. The van der Waals surface area contributed by atoms with E-state index in [1.165, 1.54) is 12.8 Å². The van der Waals surface area contributed by atoms with E-state index in [-0.39, 0.29) is 0 Å². The zero-order valence-corrected chi connectivity index (χ0v) is 8.11. The Kier molecular flexibility index (Phi) is 1.64. The maximum atomic E-state index is 5.67. The zero-order valence-electron chi connectivity index (χ0n) is 7.35. The molecule has 5 heteroatoms. The molecule has 0 radical (unpaired) electrons. The summed E-state index contributed by atoms with van der Waals surface area (Å²) in [5, 5.41) is 4.17. The normalized spacial score (nSPS) is 16.1. The van der Waals surface area contributed by atoms with Crippen LogP contribution < -0.4 is 0 Å². The third-order valence-corrected chi connectivity index (χ3v) is 2.53. The summed E-state index contributed by atoms with van der Waals surface area (Å²) in [6.07, 6.45) is 6.05. The molecule has 0 aliphatic heterocycles. The molecule has 3 rings (SSSR count). The van der Waals surface area contributed by atoms with Gasteiger partial charge in [0.2, 0.25) is 5.22 Å². The smallest absolute Gasteiger partial charge is 0.226 e. The number of hydrogen-bond donors (Lipinski definition) is 0. The van der Waals surface area contributed by atoms with Gasteiger partial charge >= 0.3 is 0 Å². The zero-order chi connectivity index (χ0) is 9.54. The summed E-state index contributed by atoms with van der Waals surface area (Å²) in [7, 11) is 0. The van der Waals surface area contributed by atoms with E-state index in [4.69, 9.17) is 16.1 Å². The molecule has 0 unspecified atom stereocenters. The molecule has 1 aliphatic carbocycles. The molecular formula is C9H8ClN3O. The molecule has 0 spiro atoms. The Morgan fingerprint density at radius 3 is 3.00 bits per heavy atom. The minimum Gasteiger partial charge on any atom is -0.344 e. The quantitative estimate of drug-likeness (QED) is 0.764. The maximum absolute atomic E-state index is 5.67. The van der Waals surface area contributed by atoms with Crippen molar-refractivity contribution in [1.29, 1.82) is 0 Å². The number of imidazole rings is 1. The van der Waals surface area contributed by atoms with Crippen LogP contribution in [0.2, 0.25) is 5.22 Å². The first-order chi connectivity index (χ1) is 6.84. The van der Waals surface area contributed by atoms with Crippen LogP contribution in [0.4, 0.5) is 0 Å². The van der Waals surface area contributed by atoms with E-state index < -0.39 is 0 Å². The van der Waals surface area contributed by atoms with Gasteiger partial charge in [-0.05, 0) is 24.4 Å². The minimum absolute atomic E-state index is 0.309. The highest BCUT2D eigenvalue weighted by atomic mass is 35.5. The standard InChI is InChI=1S/C9H8ClN3O/c10-9-3-7(12-14-9)8-4-11-5-13(8)6-1-2-6/h3-6H,1-2H2. The largest absolute Gasteiger partial charge is 0.344 e. The molecule has 72 valence electrons. The predicted octanol–water partition coefficient (Wildman–Crippen LogP) is 2.53. The molecule has 14 heavy (non-hydrogen) atoms. The third-order valence-electron chi connectivity index (χ3n) is 2.35. The van der Waals surface area contributed by atoms with Crippen LogP contribution in [-0.2, 0) is 0 Å². The van der Waals surface area contributed by atoms with Gasteiger partial charge < -0.3 is 9.09 Å². The van der Waals surface area contributed by atoms with Crippen LogP contribution >= 0.6 is 11.6 Å². The van der Waals surface area contributed by atoms with Crippen molar-refractivity contribution in [2.24, 2.45) is 0 Å². The predicted molar refractivity (Wildman–Crippen MR) is 51.0 cm³/mol. The van der Waals surface area contributed by atoms with Crippen molar-refractivity contribution in [3.63, 3.8) is 0 Å². The fourth-order valence-corrected chi connectivity index (χ4v) is 1.66. The number of halogens is 1. The van der Waals surface area contributed by atoms with Crippen molar-refractivity contribution in [3.05, 3.63) is 23.8 Å². The van der Waals surface area contributed by atoms with E-state index in [1.54, 1.807) is 12.3 Å². The van der Waals surface area contributed by atoms with Crippen LogP contribution in [0.1, 0.15) is 18.9 Å². The van der Waals surface area contributed by atoms with Gasteiger partial charge in [0.25, 0.3) is 0 Å². The van der Waals surface area contributed by atoms with E-state index in [9.17, 15) is 0 Å². The molecule has 0 aromatic carbocycles. The Morgan fingerprint density at radius 2 is 2.36 bits per heavy atom. The Morgan fingerprint density at radius 1 is 1.50 bits per heavy atom. The SMILES string of the molecule is Clc1cc(-c2cncn2C2CC2)no1. The summed E-state index contributed by atoms with van der Waals surface area (Å²) in [5.41, 5.74) is 1.72. The Bertz CT molecular complexity index is 458. The van der Waals surface area contributed by atoms with Gasteiger partial charge in [-0.1, -0.05) is 5.16 Å². The lowest BCUT2D eigenvalue weighted by molar-refractivity contribution is 0.423. The Labute approximate surface area is 85.5 Å². The fourth-order valence-electron chi connectivity index (χ4n) is 1.52. The molecule has 1 saturated carbocycles. The van der Waals surface area contributed by atoms with Crippen molar-refractivity contribution >= 4 is 11.6 Å². The maximum Gasteiger partial charge on any atom is 0.226 e. The average molecular weight is 210 g/mol. The summed E-state index contributed by atoms with van der Waals surface area (Å²) in [6.45, 7) is 0. The van der Waals surface area contributed by atoms with Gasteiger partial charge in [0.15, 0.2) is 0 Å². The molecule has 4 nitrogen and oxygen atoms in total. The van der Waals surface area contributed by atoms with Gasteiger partial charge in [-0.25, -0.2) is 4.98 Å². The van der Waals surface area contributed by atoms with Crippen LogP contribution in [0, 0.1) is 0 Å². The van der Waals surface area contributed by atoms with Gasteiger partial charge in [0.05, 0.1) is 18.2 Å². The number of rotatable bonds is 2. The molecule has 1 aliphatic rings. The summed E-state index contributed by atoms with van der Waals surface area (Å²) in [5.74, 6) is 0. The third kappa shape index (κ3) is 1.23. The lowest BCUT2D eigenvalue weighted by atomic mass is 10.3. The van der Waals surface area contributed by atoms with Crippen molar-refractivity contribution in [2.45, 2.75) is 18.9 Å². The highest BCUT2D eigenvalue weighted by Crippen LogP contribution is 2.38. The molecule has 2 heterocycles. The van der Waals surface area contributed by atoms with Crippen LogP contribution in [0.25, 0.3) is 11.4 Å². The Balaban J connectivity index is 2.06. The van der Waals surface area contributed by atoms with Crippen molar-refractivity contribution in [3.8, 4) is 11.4 Å². The summed E-state index contributed by atoms with van der Waals surface area (Å²) >= 11 is 5.67. The highest BCUT2D eigenvalue weighted by Gasteiger charge is 2.26. The van der Waals surface area contributed by atoms with E-state index in [0.29, 0.717) is 11.3 Å². The molecule has 0 N–H and O–H groups in total. The number of aromatic nitrogens is 3. The number of nitrogens with zero attached hydrogens (tertiary/aromatic N) is 3. The van der Waals surface area contributed by atoms with Crippen LogP contribution in [0.3, 0.4) is 0 Å². The minimum atomic E-state index is 0.309. The molecule has 0 atom stereocenters. The summed E-state index contributed by atoms with van der Waals surface area (Å²) in [6, 6.07) is 2.29. The van der Waals surface area contributed by atoms with E-state index >= 15 is 0 Å². The molecule has 2 aromatic heterocycles. The van der Waals surface area contributed by atoms with Crippen LogP contribution in [0.15, 0.2) is 23.1 Å². The van der Waals surface area contributed by atoms with Gasteiger partial charge in [0.1, 0.15) is 5.69 Å². The van der Waals surface area contributed by atoms with E-state index in [0.717, 1.165) is 11.4 Å². The molecule has 0 bridgehead atoms. The average Bonchev–Trinajstić information content (AvgIpc) is 2.75. The Hall–Kier alpha value is -1.29. The first-order valence-corrected chi connectivity index (χ1v) is 4.87. The highest BCUT2D eigenvalue weighted by molar-refractivity contribution is 6.29. The summed E-state index contributed by atoms with van der Waals surface area (Å²) < 4.78 is 6.94. The van der Waals surface area contributed by atoms with Gasteiger partial charge in [-0.15, -0.1) is 0 Å². The molecular weight excluding hydrogens is 202 g/mol. The summed E-state index contributed by atoms with van der Waals surface area (Å²) in [4.78, 5) is 4.11.